The van der Waals surface area contributed by atoms with Crippen LogP contribution in [0.25, 0.3) is 10.9 Å². The highest BCUT2D eigenvalue weighted by molar-refractivity contribution is 6.09. The van der Waals surface area contributed by atoms with Gasteiger partial charge in [-0.05, 0) is 55.3 Å². The van der Waals surface area contributed by atoms with Crippen molar-refractivity contribution in [2.45, 2.75) is 13.8 Å². The number of rotatable bonds is 4. The maximum atomic E-state index is 12.8. The summed E-state index contributed by atoms with van der Waals surface area (Å²) in [5.41, 5.74) is 3.84. The third kappa shape index (κ3) is 3.26. The molecular weight excluding hydrogens is 316 g/mol. The molecule has 3 rings (SSSR count). The fourth-order valence-corrected chi connectivity index (χ4v) is 2.85. The lowest BCUT2D eigenvalue weighted by Crippen LogP contribution is -2.14. The van der Waals surface area contributed by atoms with Crippen molar-refractivity contribution < 1.29 is 14.3 Å². The molecule has 0 unspecified atom stereocenters. The normalized spacial score (nSPS) is 10.6. The molecule has 0 aliphatic carbocycles. The second-order valence-corrected chi connectivity index (χ2v) is 5.86. The first-order valence-corrected chi connectivity index (χ1v) is 7.93. The van der Waals surface area contributed by atoms with E-state index in [0.29, 0.717) is 22.7 Å². The zero-order valence-corrected chi connectivity index (χ0v) is 14.7. The van der Waals surface area contributed by atoms with E-state index in [-0.39, 0.29) is 5.91 Å². The molecule has 1 amide bonds. The predicted molar refractivity (Wildman–Crippen MR) is 98.7 cm³/mol. The van der Waals surface area contributed by atoms with Crippen LogP contribution in [0.5, 0.6) is 11.5 Å². The Morgan fingerprint density at radius 3 is 2.48 bits per heavy atom. The standard InChI is InChI=1S/C20H20N2O3/c1-12-8-14-6-5-7-21-19(14)16(9-12)22-20(23)15-11-18(25-4)17(24-3)10-13(15)2/h5-11H,1-4H3,(H,22,23). The van der Waals surface area contributed by atoms with Crippen molar-refractivity contribution in [2.24, 2.45) is 0 Å². The maximum absolute atomic E-state index is 12.8. The number of hydrogen-bond donors (Lipinski definition) is 1. The number of carbonyl (C=O) groups excluding carboxylic acids is 1. The van der Waals surface area contributed by atoms with Gasteiger partial charge < -0.3 is 14.8 Å². The Hall–Kier alpha value is -3.08. The largest absolute Gasteiger partial charge is 0.493 e. The molecule has 0 fully saturated rings. The van der Waals surface area contributed by atoms with Gasteiger partial charge in [-0.15, -0.1) is 0 Å². The molecule has 0 spiro atoms. The van der Waals surface area contributed by atoms with Crippen molar-refractivity contribution in [1.82, 2.24) is 4.98 Å². The van der Waals surface area contributed by atoms with Crippen molar-refractivity contribution in [3.8, 4) is 11.5 Å². The summed E-state index contributed by atoms with van der Waals surface area (Å²) < 4.78 is 10.6. The van der Waals surface area contributed by atoms with Crippen LogP contribution in [-0.2, 0) is 0 Å². The van der Waals surface area contributed by atoms with Gasteiger partial charge in [0.05, 0.1) is 25.4 Å². The summed E-state index contributed by atoms with van der Waals surface area (Å²) in [4.78, 5) is 17.2. The summed E-state index contributed by atoms with van der Waals surface area (Å²) in [6.07, 6.45) is 1.72. The first-order chi connectivity index (χ1) is 12.0. The molecule has 0 aliphatic heterocycles. The molecule has 128 valence electrons. The first-order valence-electron chi connectivity index (χ1n) is 7.93. The monoisotopic (exact) mass is 336 g/mol. The van der Waals surface area contributed by atoms with Crippen molar-refractivity contribution in [3.05, 3.63) is 59.3 Å². The number of pyridine rings is 1. The van der Waals surface area contributed by atoms with Crippen molar-refractivity contribution in [1.29, 1.82) is 0 Å². The second-order valence-electron chi connectivity index (χ2n) is 5.86. The minimum absolute atomic E-state index is 0.212. The summed E-state index contributed by atoms with van der Waals surface area (Å²) >= 11 is 0. The predicted octanol–water partition coefficient (Wildman–Crippen LogP) is 4.12. The lowest BCUT2D eigenvalue weighted by molar-refractivity contribution is 0.102. The van der Waals surface area contributed by atoms with Crippen LogP contribution in [0.4, 0.5) is 5.69 Å². The van der Waals surface area contributed by atoms with Crippen LogP contribution >= 0.6 is 0 Å². The minimum Gasteiger partial charge on any atom is -0.493 e. The SMILES string of the molecule is COc1cc(C)c(C(=O)Nc2cc(C)cc3cccnc23)cc1OC. The zero-order chi connectivity index (χ0) is 18.0. The highest BCUT2D eigenvalue weighted by Gasteiger charge is 2.16. The van der Waals surface area contributed by atoms with E-state index in [4.69, 9.17) is 9.47 Å². The molecule has 0 aliphatic rings. The first kappa shape index (κ1) is 16.8. The van der Waals surface area contributed by atoms with E-state index < -0.39 is 0 Å². The average Bonchev–Trinajstić information content (AvgIpc) is 2.61. The average molecular weight is 336 g/mol. The fraction of sp³-hybridized carbons (Fsp3) is 0.200. The van der Waals surface area contributed by atoms with E-state index in [1.54, 1.807) is 32.5 Å². The number of aryl methyl sites for hydroxylation is 2. The molecule has 1 N–H and O–H groups in total. The lowest BCUT2D eigenvalue weighted by atomic mass is 10.1. The zero-order valence-electron chi connectivity index (χ0n) is 14.7. The number of amides is 1. The summed E-state index contributed by atoms with van der Waals surface area (Å²) in [5, 5.41) is 3.96. The van der Waals surface area contributed by atoms with E-state index in [2.05, 4.69) is 10.3 Å². The van der Waals surface area contributed by atoms with E-state index in [1.165, 1.54) is 0 Å². The van der Waals surface area contributed by atoms with Gasteiger partial charge in [0.1, 0.15) is 0 Å². The smallest absolute Gasteiger partial charge is 0.256 e. The molecule has 2 aromatic carbocycles. The Bertz CT molecular complexity index is 951. The van der Waals surface area contributed by atoms with Gasteiger partial charge in [-0.3, -0.25) is 9.78 Å². The number of nitrogens with one attached hydrogen (secondary N) is 1. The number of hydrogen-bond acceptors (Lipinski definition) is 4. The summed E-state index contributed by atoms with van der Waals surface area (Å²) in [6.45, 7) is 3.85. The number of nitrogens with zero attached hydrogens (tertiary/aromatic N) is 1. The van der Waals surface area contributed by atoms with Crippen molar-refractivity contribution in [2.75, 3.05) is 19.5 Å². The molecule has 1 aromatic heterocycles. The third-order valence-corrected chi connectivity index (χ3v) is 4.07. The van der Waals surface area contributed by atoms with E-state index in [9.17, 15) is 4.79 Å². The van der Waals surface area contributed by atoms with Crippen molar-refractivity contribution >= 4 is 22.5 Å². The van der Waals surface area contributed by atoms with Gasteiger partial charge in [-0.25, -0.2) is 0 Å². The molecule has 0 radical (unpaired) electrons. The topological polar surface area (TPSA) is 60.5 Å². The van der Waals surface area contributed by atoms with E-state index in [1.807, 2.05) is 38.1 Å². The molecule has 0 saturated heterocycles. The summed E-state index contributed by atoms with van der Waals surface area (Å²) in [5.74, 6) is 0.903. The highest BCUT2D eigenvalue weighted by Crippen LogP contribution is 2.31. The van der Waals surface area contributed by atoms with Gasteiger partial charge >= 0.3 is 0 Å². The molecular formula is C20H20N2O3. The molecule has 5 heteroatoms. The lowest BCUT2D eigenvalue weighted by Gasteiger charge is -2.14. The fourth-order valence-electron chi connectivity index (χ4n) is 2.85. The van der Waals surface area contributed by atoms with E-state index in [0.717, 1.165) is 22.0 Å². The molecule has 0 atom stereocenters. The van der Waals surface area contributed by atoms with Crippen LogP contribution < -0.4 is 14.8 Å². The van der Waals surface area contributed by atoms with Crippen LogP contribution in [0.15, 0.2) is 42.6 Å². The summed E-state index contributed by atoms with van der Waals surface area (Å²) in [6, 6.07) is 11.3. The Morgan fingerprint density at radius 2 is 1.76 bits per heavy atom. The Balaban J connectivity index is 2.01. The quantitative estimate of drug-likeness (QED) is 0.778. The number of ether oxygens (including phenoxy) is 2. The van der Waals surface area contributed by atoms with E-state index >= 15 is 0 Å². The van der Waals surface area contributed by atoms with Gasteiger partial charge in [0.2, 0.25) is 0 Å². The number of fused-ring (bicyclic) bond motifs is 1. The maximum Gasteiger partial charge on any atom is 0.256 e. The van der Waals surface area contributed by atoms with Crippen LogP contribution in [0.3, 0.4) is 0 Å². The molecule has 0 saturated carbocycles. The Labute approximate surface area is 146 Å². The van der Waals surface area contributed by atoms with Gasteiger partial charge in [0.25, 0.3) is 5.91 Å². The van der Waals surface area contributed by atoms with Crippen molar-refractivity contribution in [3.63, 3.8) is 0 Å². The van der Waals surface area contributed by atoms with Gasteiger partial charge in [-0.2, -0.15) is 0 Å². The van der Waals surface area contributed by atoms with Crippen LogP contribution in [-0.4, -0.2) is 25.1 Å². The molecule has 25 heavy (non-hydrogen) atoms. The number of carbonyl (C=O) groups is 1. The molecule has 5 nitrogen and oxygen atoms in total. The Kier molecular flexibility index (Phi) is 4.57. The van der Waals surface area contributed by atoms with Gasteiger partial charge in [0.15, 0.2) is 11.5 Å². The van der Waals surface area contributed by atoms with Crippen LogP contribution in [0, 0.1) is 13.8 Å². The molecule has 0 bridgehead atoms. The van der Waals surface area contributed by atoms with Gasteiger partial charge in [0, 0.05) is 17.1 Å². The molecule has 1 heterocycles. The van der Waals surface area contributed by atoms with Crippen LogP contribution in [0.2, 0.25) is 0 Å². The van der Waals surface area contributed by atoms with Gasteiger partial charge in [-0.1, -0.05) is 6.07 Å². The summed E-state index contributed by atoms with van der Waals surface area (Å²) in [7, 11) is 3.12. The molecule has 3 aromatic rings. The minimum atomic E-state index is -0.212. The number of anilines is 1. The number of methoxy groups -OCH3 is 2. The highest BCUT2D eigenvalue weighted by atomic mass is 16.5. The third-order valence-electron chi connectivity index (χ3n) is 4.07. The second kappa shape index (κ2) is 6.81. The number of aromatic nitrogens is 1. The number of benzene rings is 2. The van der Waals surface area contributed by atoms with Crippen LogP contribution in [0.1, 0.15) is 21.5 Å². The Morgan fingerprint density at radius 1 is 1.04 bits per heavy atom.